The third-order valence-electron chi connectivity index (χ3n) is 4.59. The van der Waals surface area contributed by atoms with Crippen LogP contribution in [0.25, 0.3) is 6.08 Å². The van der Waals surface area contributed by atoms with E-state index in [-0.39, 0.29) is 11.8 Å². The van der Waals surface area contributed by atoms with Crippen molar-refractivity contribution in [2.75, 3.05) is 26.3 Å². The third kappa shape index (κ3) is 5.21. The molecule has 0 spiro atoms. The van der Waals surface area contributed by atoms with Gasteiger partial charge in [0.1, 0.15) is 6.04 Å². The van der Waals surface area contributed by atoms with Gasteiger partial charge in [-0.05, 0) is 36.3 Å². The molecule has 1 aliphatic rings. The third-order valence-corrected chi connectivity index (χ3v) is 4.84. The minimum Gasteiger partial charge on any atom is -0.378 e. The number of nitrogens with one attached hydrogen (secondary N) is 1. The molecule has 1 N–H and O–H groups in total. The van der Waals surface area contributed by atoms with Crippen LogP contribution in [0.5, 0.6) is 0 Å². The molecule has 146 valence electrons. The summed E-state index contributed by atoms with van der Waals surface area (Å²) in [6.45, 7) is 3.80. The van der Waals surface area contributed by atoms with E-state index in [0.29, 0.717) is 36.9 Å². The molecule has 0 unspecified atom stereocenters. The number of ether oxygens (including phenoxy) is 1. The smallest absolute Gasteiger partial charge is 0.249 e. The summed E-state index contributed by atoms with van der Waals surface area (Å²) < 4.78 is 5.33. The van der Waals surface area contributed by atoms with Gasteiger partial charge in [-0.2, -0.15) is 0 Å². The molecule has 6 heteroatoms. The van der Waals surface area contributed by atoms with Gasteiger partial charge >= 0.3 is 0 Å². The van der Waals surface area contributed by atoms with Crippen LogP contribution >= 0.6 is 11.6 Å². The minimum atomic E-state index is -0.736. The van der Waals surface area contributed by atoms with Gasteiger partial charge in [0.15, 0.2) is 0 Å². The predicted octanol–water partition coefficient (Wildman–Crippen LogP) is 3.46. The van der Waals surface area contributed by atoms with E-state index in [1.54, 1.807) is 30.0 Å². The summed E-state index contributed by atoms with van der Waals surface area (Å²) in [5, 5.41) is 3.53. The molecule has 28 heavy (non-hydrogen) atoms. The van der Waals surface area contributed by atoms with Gasteiger partial charge in [0.25, 0.3) is 0 Å². The molecule has 2 aromatic rings. The van der Waals surface area contributed by atoms with Gasteiger partial charge in [0, 0.05) is 23.7 Å². The zero-order chi connectivity index (χ0) is 19.9. The Balaban J connectivity index is 1.79. The van der Waals surface area contributed by atoms with Crippen LogP contribution in [-0.4, -0.2) is 43.0 Å². The van der Waals surface area contributed by atoms with Crippen molar-refractivity contribution in [1.29, 1.82) is 0 Å². The largest absolute Gasteiger partial charge is 0.378 e. The van der Waals surface area contributed by atoms with Crippen LogP contribution in [0.15, 0.2) is 60.2 Å². The topological polar surface area (TPSA) is 58.6 Å². The Morgan fingerprint density at radius 3 is 2.36 bits per heavy atom. The number of amides is 2. The number of carbonyl (C=O) groups is 2. The van der Waals surface area contributed by atoms with E-state index < -0.39 is 6.04 Å². The van der Waals surface area contributed by atoms with Gasteiger partial charge in [0.2, 0.25) is 11.8 Å². The van der Waals surface area contributed by atoms with Crippen LogP contribution in [-0.2, 0) is 14.3 Å². The first-order valence-electron chi connectivity index (χ1n) is 9.21. The van der Waals surface area contributed by atoms with Crippen molar-refractivity contribution < 1.29 is 14.3 Å². The quantitative estimate of drug-likeness (QED) is 0.784. The second kappa shape index (κ2) is 9.53. The van der Waals surface area contributed by atoms with Gasteiger partial charge in [-0.3, -0.25) is 9.59 Å². The SMILES string of the molecule is C/C(=C\c1ccc(Cl)cc1)C(=O)N[C@H](C(=O)N1CCOCC1)c1ccccc1. The molecule has 1 saturated heterocycles. The number of carbonyl (C=O) groups excluding carboxylic acids is 2. The molecule has 0 bridgehead atoms. The summed E-state index contributed by atoms with van der Waals surface area (Å²) in [6.07, 6.45) is 1.77. The molecule has 1 heterocycles. The fourth-order valence-corrected chi connectivity index (χ4v) is 3.14. The first kappa shape index (κ1) is 20.1. The average Bonchev–Trinajstić information content (AvgIpc) is 2.74. The van der Waals surface area contributed by atoms with Crippen LogP contribution in [0.3, 0.4) is 0 Å². The van der Waals surface area contributed by atoms with Crippen LogP contribution in [0, 0.1) is 0 Å². The molecule has 2 aromatic carbocycles. The molecule has 2 amide bonds. The van der Waals surface area contributed by atoms with Gasteiger partial charge in [-0.25, -0.2) is 0 Å². The maximum atomic E-state index is 13.1. The molecular formula is C22H23ClN2O3. The summed E-state index contributed by atoms with van der Waals surface area (Å²) >= 11 is 5.91. The summed E-state index contributed by atoms with van der Waals surface area (Å²) in [6, 6.07) is 15.8. The Morgan fingerprint density at radius 1 is 1.07 bits per heavy atom. The highest BCUT2D eigenvalue weighted by Gasteiger charge is 2.28. The van der Waals surface area contributed by atoms with Gasteiger partial charge in [0.05, 0.1) is 13.2 Å². The summed E-state index contributed by atoms with van der Waals surface area (Å²) in [4.78, 5) is 27.6. The van der Waals surface area contributed by atoms with E-state index in [1.165, 1.54) is 0 Å². The number of halogens is 1. The molecule has 1 aliphatic heterocycles. The van der Waals surface area contributed by atoms with Crippen molar-refractivity contribution >= 4 is 29.5 Å². The maximum Gasteiger partial charge on any atom is 0.249 e. The standard InChI is InChI=1S/C22H23ClN2O3/c1-16(15-17-7-9-19(23)10-8-17)21(26)24-20(18-5-3-2-4-6-18)22(27)25-11-13-28-14-12-25/h2-10,15,20H,11-14H2,1H3,(H,24,26)/b16-15+/t20-/m0/s1. The fraction of sp³-hybridized carbons (Fsp3) is 0.273. The van der Waals surface area contributed by atoms with E-state index in [2.05, 4.69) is 5.32 Å². The Kier molecular flexibility index (Phi) is 6.85. The lowest BCUT2D eigenvalue weighted by molar-refractivity contribution is -0.139. The minimum absolute atomic E-state index is 0.123. The molecule has 0 aromatic heterocycles. The summed E-state index contributed by atoms with van der Waals surface area (Å²) in [7, 11) is 0. The van der Waals surface area contributed by atoms with E-state index in [1.807, 2.05) is 42.5 Å². The van der Waals surface area contributed by atoms with Crippen molar-refractivity contribution in [2.24, 2.45) is 0 Å². The van der Waals surface area contributed by atoms with Crippen LogP contribution in [0.2, 0.25) is 5.02 Å². The van der Waals surface area contributed by atoms with Crippen molar-refractivity contribution in [2.45, 2.75) is 13.0 Å². The van der Waals surface area contributed by atoms with E-state index in [4.69, 9.17) is 16.3 Å². The van der Waals surface area contributed by atoms with Crippen LogP contribution in [0.1, 0.15) is 24.1 Å². The summed E-state index contributed by atoms with van der Waals surface area (Å²) in [5.41, 5.74) is 2.14. The zero-order valence-corrected chi connectivity index (χ0v) is 16.5. The van der Waals surface area contributed by atoms with Gasteiger partial charge in [-0.1, -0.05) is 54.1 Å². The second-order valence-electron chi connectivity index (χ2n) is 6.63. The van der Waals surface area contributed by atoms with Gasteiger partial charge in [-0.15, -0.1) is 0 Å². The first-order valence-corrected chi connectivity index (χ1v) is 9.58. The lowest BCUT2D eigenvalue weighted by Gasteiger charge is -2.31. The highest BCUT2D eigenvalue weighted by atomic mass is 35.5. The van der Waals surface area contributed by atoms with E-state index >= 15 is 0 Å². The lowest BCUT2D eigenvalue weighted by Crippen LogP contribution is -2.47. The molecule has 3 rings (SSSR count). The normalized spacial score (nSPS) is 15.8. The molecular weight excluding hydrogens is 376 g/mol. The number of morpholine rings is 1. The zero-order valence-electron chi connectivity index (χ0n) is 15.7. The van der Waals surface area contributed by atoms with E-state index in [9.17, 15) is 9.59 Å². The lowest BCUT2D eigenvalue weighted by atomic mass is 10.0. The van der Waals surface area contributed by atoms with Crippen molar-refractivity contribution in [3.63, 3.8) is 0 Å². The number of hydrogen-bond acceptors (Lipinski definition) is 3. The van der Waals surface area contributed by atoms with E-state index in [0.717, 1.165) is 11.1 Å². The molecule has 5 nitrogen and oxygen atoms in total. The molecule has 0 radical (unpaired) electrons. The fourth-order valence-electron chi connectivity index (χ4n) is 3.02. The van der Waals surface area contributed by atoms with Crippen molar-refractivity contribution in [3.8, 4) is 0 Å². The molecule has 1 atom stereocenters. The number of benzene rings is 2. The molecule has 1 fully saturated rings. The highest BCUT2D eigenvalue weighted by Crippen LogP contribution is 2.18. The van der Waals surface area contributed by atoms with Gasteiger partial charge < -0.3 is 15.0 Å². The predicted molar refractivity (Wildman–Crippen MR) is 110 cm³/mol. The first-order chi connectivity index (χ1) is 13.5. The van der Waals surface area contributed by atoms with Crippen LogP contribution in [0.4, 0.5) is 0 Å². The monoisotopic (exact) mass is 398 g/mol. The number of rotatable bonds is 5. The molecule has 0 saturated carbocycles. The second-order valence-corrected chi connectivity index (χ2v) is 7.07. The highest BCUT2D eigenvalue weighted by molar-refractivity contribution is 6.30. The maximum absolute atomic E-state index is 13.1. The Hall–Kier alpha value is -2.63. The van der Waals surface area contributed by atoms with Crippen LogP contribution < -0.4 is 5.32 Å². The van der Waals surface area contributed by atoms with Crippen molar-refractivity contribution in [3.05, 3.63) is 76.3 Å². The number of hydrogen-bond donors (Lipinski definition) is 1. The Morgan fingerprint density at radius 2 is 1.71 bits per heavy atom. The number of nitrogens with zero attached hydrogens (tertiary/aromatic N) is 1. The molecule has 0 aliphatic carbocycles. The Bertz CT molecular complexity index is 844. The van der Waals surface area contributed by atoms with Crippen molar-refractivity contribution in [1.82, 2.24) is 10.2 Å². The average molecular weight is 399 g/mol. The Labute approximate surface area is 169 Å². The summed E-state index contributed by atoms with van der Waals surface area (Å²) in [5.74, 6) is -0.410.